The van der Waals surface area contributed by atoms with E-state index in [1.165, 1.54) is 6.33 Å². The van der Waals surface area contributed by atoms with E-state index < -0.39 is 21.7 Å². The second-order valence-electron chi connectivity index (χ2n) is 20.3. The van der Waals surface area contributed by atoms with Gasteiger partial charge < -0.3 is 27.0 Å². The van der Waals surface area contributed by atoms with E-state index in [-0.39, 0.29) is 29.6 Å². The van der Waals surface area contributed by atoms with Crippen LogP contribution in [-0.2, 0) is 40.8 Å². The highest BCUT2D eigenvalue weighted by Crippen LogP contribution is 2.43. The number of nitrogens with one attached hydrogen (secondary N) is 4. The molecule has 4 aromatic carbocycles. The van der Waals surface area contributed by atoms with Crippen molar-refractivity contribution in [2.24, 2.45) is 0 Å². The minimum Gasteiger partial charge on any atom is -0.368 e. The van der Waals surface area contributed by atoms with Gasteiger partial charge in [0.05, 0.1) is 21.7 Å². The first-order chi connectivity index (χ1) is 34.7. The summed E-state index contributed by atoms with van der Waals surface area (Å²) in [5.41, 5.74) is 19.5. The molecule has 0 bridgehead atoms. The molecule has 8 aromatic rings. The van der Waals surface area contributed by atoms with Gasteiger partial charge in [-0.15, -0.1) is 0 Å². The molecule has 0 aliphatic carbocycles. The van der Waals surface area contributed by atoms with Crippen molar-refractivity contribution in [1.29, 1.82) is 0 Å². The molecule has 12 rings (SSSR count). The molecule has 4 aliphatic rings. The first-order valence-electron chi connectivity index (χ1n) is 23.7. The Bertz CT molecular complexity index is 3170. The minimum atomic E-state index is -0.481. The van der Waals surface area contributed by atoms with E-state index in [2.05, 4.69) is 57.2 Å². The maximum absolute atomic E-state index is 11.9. The molecule has 0 saturated carbocycles. The lowest BCUT2D eigenvalue weighted by atomic mass is 9.85. The number of rotatable bonds is 4. The Balaban J connectivity index is 0.000000120. The SMILES string of the molecule is CC1(C)C(=O)Nc2cc(-c3cccnc3)ccc21.CC1(C)C(=O)Nc2cc(-c3ccncc3)ccc21.CC1(C)C(=O)Nc2cc(-c3cnc(N)nc3)ccc21.CC1(C)C(=O)Nc2cc(-c3cncnc3)ccc21. The van der Waals surface area contributed by atoms with Gasteiger partial charge in [-0.1, -0.05) is 54.6 Å². The number of hydrogen-bond donors (Lipinski definition) is 5. The normalized spacial score (nSPS) is 16.2. The number of nitrogens with zero attached hydrogens (tertiary/aromatic N) is 6. The highest BCUT2D eigenvalue weighted by atomic mass is 16.2. The predicted molar refractivity (Wildman–Crippen MR) is 285 cm³/mol. The Kier molecular flexibility index (Phi) is 12.7. The van der Waals surface area contributed by atoms with Crippen LogP contribution in [0, 0.1) is 0 Å². The standard InChI is InChI=1S/2C15H14N2O.C14H14N4O.C14H13N3O/c1-15(2)12-4-3-11(9-13(12)17-14(15)18)10-5-7-16-8-6-10;1-15(2)12-6-5-10(8-13(12)17-14(15)18)11-4-3-7-16-9-11;1-14(2)10-4-3-8(5-11(10)18-12(14)19)9-6-16-13(15)17-7-9;1-14(2)11-4-3-9(5-12(11)17-13(14)18)10-6-15-8-16-7-10/h2*3-9H,1-2H3,(H,17,18);3-7H,1-2H3,(H,18,19)(H2,15,16,17);3-8H,1-2H3,(H,17,18). The lowest BCUT2D eigenvalue weighted by Gasteiger charge is -2.15. The zero-order valence-corrected chi connectivity index (χ0v) is 41.8. The first-order valence-corrected chi connectivity index (χ1v) is 23.7. The molecule has 15 heteroatoms. The van der Waals surface area contributed by atoms with Crippen LogP contribution < -0.4 is 27.0 Å². The molecule has 15 nitrogen and oxygen atoms in total. The predicted octanol–water partition coefficient (Wildman–Crippen LogP) is 10.3. The Morgan fingerprint density at radius 2 is 0.699 bits per heavy atom. The van der Waals surface area contributed by atoms with Crippen LogP contribution in [0.25, 0.3) is 44.5 Å². The van der Waals surface area contributed by atoms with Crippen molar-refractivity contribution in [2.75, 3.05) is 27.0 Å². The van der Waals surface area contributed by atoms with E-state index in [0.717, 1.165) is 89.5 Å². The molecule has 0 radical (unpaired) electrons. The summed E-state index contributed by atoms with van der Waals surface area (Å²) in [5, 5.41) is 11.7. The van der Waals surface area contributed by atoms with Crippen LogP contribution in [0.5, 0.6) is 0 Å². The van der Waals surface area contributed by atoms with Crippen LogP contribution in [0.3, 0.4) is 0 Å². The smallest absolute Gasteiger partial charge is 0.234 e. The first kappa shape index (κ1) is 49.0. The van der Waals surface area contributed by atoms with Crippen molar-refractivity contribution in [3.63, 3.8) is 0 Å². The van der Waals surface area contributed by atoms with Crippen LogP contribution in [0.1, 0.15) is 77.6 Å². The topological polar surface area (TPSA) is 220 Å². The molecule has 4 aromatic heterocycles. The molecule has 0 fully saturated rings. The number of anilines is 5. The van der Waals surface area contributed by atoms with Gasteiger partial charge in [0.25, 0.3) is 0 Å². The maximum Gasteiger partial charge on any atom is 0.234 e. The van der Waals surface area contributed by atoms with Crippen LogP contribution in [0.4, 0.5) is 28.7 Å². The van der Waals surface area contributed by atoms with Gasteiger partial charge in [-0.05, 0) is 148 Å². The van der Waals surface area contributed by atoms with Gasteiger partial charge in [0.2, 0.25) is 29.6 Å². The van der Waals surface area contributed by atoms with E-state index in [4.69, 9.17) is 5.73 Å². The van der Waals surface area contributed by atoms with Crippen LogP contribution >= 0.6 is 0 Å². The molecule has 0 saturated heterocycles. The van der Waals surface area contributed by atoms with Gasteiger partial charge in [-0.3, -0.25) is 29.1 Å². The van der Waals surface area contributed by atoms with Gasteiger partial charge in [0.1, 0.15) is 6.33 Å². The molecule has 4 aliphatic heterocycles. The molecular formula is C58H55N11O4. The van der Waals surface area contributed by atoms with Crippen molar-refractivity contribution in [1.82, 2.24) is 29.9 Å². The summed E-state index contributed by atoms with van der Waals surface area (Å²) in [6, 6.07) is 31.9. The average Bonchev–Trinajstić information content (AvgIpc) is 3.96. The summed E-state index contributed by atoms with van der Waals surface area (Å²) >= 11 is 0. The fraction of sp³-hybridized carbons (Fsp3) is 0.207. The third-order valence-electron chi connectivity index (χ3n) is 13.9. The number of amides is 4. The van der Waals surface area contributed by atoms with Crippen molar-refractivity contribution >= 4 is 52.3 Å². The lowest BCUT2D eigenvalue weighted by Crippen LogP contribution is -2.26. The fourth-order valence-corrected chi connectivity index (χ4v) is 9.11. The van der Waals surface area contributed by atoms with Gasteiger partial charge in [0.15, 0.2) is 0 Å². The number of nitrogens with two attached hydrogens (primary N) is 1. The van der Waals surface area contributed by atoms with Gasteiger partial charge in [0, 0.05) is 89.0 Å². The Morgan fingerprint density at radius 1 is 0.356 bits per heavy atom. The molecule has 4 amide bonds. The van der Waals surface area contributed by atoms with Gasteiger partial charge in [-0.2, -0.15) is 0 Å². The zero-order valence-electron chi connectivity index (χ0n) is 41.8. The molecule has 6 N–H and O–H groups in total. The highest BCUT2D eigenvalue weighted by Gasteiger charge is 2.41. The number of pyridine rings is 2. The molecule has 8 heterocycles. The number of carbonyl (C=O) groups is 4. The number of nitrogen functional groups attached to an aromatic ring is 1. The Hall–Kier alpha value is -8.98. The maximum atomic E-state index is 11.9. The largest absolute Gasteiger partial charge is 0.368 e. The number of carbonyl (C=O) groups excluding carboxylic acids is 4. The molecule has 0 atom stereocenters. The minimum absolute atomic E-state index is 0.0215. The van der Waals surface area contributed by atoms with Crippen molar-refractivity contribution in [2.45, 2.75) is 77.0 Å². The van der Waals surface area contributed by atoms with E-state index in [9.17, 15) is 19.2 Å². The molecule has 73 heavy (non-hydrogen) atoms. The van der Waals surface area contributed by atoms with Crippen LogP contribution in [-0.4, -0.2) is 53.5 Å². The Morgan fingerprint density at radius 3 is 1.07 bits per heavy atom. The molecule has 366 valence electrons. The second kappa shape index (κ2) is 19.0. The van der Waals surface area contributed by atoms with Crippen molar-refractivity contribution in [3.8, 4) is 44.5 Å². The summed E-state index contributed by atoms with van der Waals surface area (Å²) in [6.07, 6.45) is 15.5. The summed E-state index contributed by atoms with van der Waals surface area (Å²) in [7, 11) is 0. The van der Waals surface area contributed by atoms with Gasteiger partial charge in [-0.25, -0.2) is 19.9 Å². The number of aromatic nitrogens is 6. The van der Waals surface area contributed by atoms with E-state index in [1.54, 1.807) is 43.4 Å². The van der Waals surface area contributed by atoms with E-state index in [1.807, 2.05) is 153 Å². The third kappa shape index (κ3) is 9.52. The molecule has 0 unspecified atom stereocenters. The van der Waals surface area contributed by atoms with Crippen LogP contribution in [0.15, 0.2) is 153 Å². The molecule has 0 spiro atoms. The van der Waals surface area contributed by atoms with E-state index >= 15 is 0 Å². The number of fused-ring (bicyclic) bond motifs is 4. The highest BCUT2D eigenvalue weighted by molar-refractivity contribution is 6.08. The summed E-state index contributed by atoms with van der Waals surface area (Å²) in [4.78, 5) is 71.6. The van der Waals surface area contributed by atoms with Gasteiger partial charge >= 0.3 is 0 Å². The summed E-state index contributed by atoms with van der Waals surface area (Å²) < 4.78 is 0. The quantitative estimate of drug-likeness (QED) is 0.112. The Labute approximate surface area is 423 Å². The lowest BCUT2D eigenvalue weighted by molar-refractivity contribution is -0.120. The van der Waals surface area contributed by atoms with Crippen molar-refractivity contribution in [3.05, 3.63) is 175 Å². The monoisotopic (exact) mass is 969 g/mol. The number of hydrogen-bond acceptors (Lipinski definition) is 11. The number of benzene rings is 4. The fourth-order valence-electron chi connectivity index (χ4n) is 9.11. The second-order valence-corrected chi connectivity index (χ2v) is 20.3. The summed E-state index contributed by atoms with van der Waals surface area (Å²) in [6.45, 7) is 15.5. The van der Waals surface area contributed by atoms with E-state index in [0.29, 0.717) is 0 Å². The van der Waals surface area contributed by atoms with Crippen molar-refractivity contribution < 1.29 is 19.2 Å². The zero-order chi connectivity index (χ0) is 51.9. The van der Waals surface area contributed by atoms with Crippen LogP contribution in [0.2, 0.25) is 0 Å². The summed E-state index contributed by atoms with van der Waals surface area (Å²) in [5.74, 6) is 0.428. The average molecular weight is 970 g/mol. The third-order valence-corrected chi connectivity index (χ3v) is 13.9. The molecular weight excluding hydrogens is 915 g/mol.